The molecule has 2 aromatic carbocycles. The van der Waals surface area contributed by atoms with Gasteiger partial charge in [-0.25, -0.2) is 0 Å². The van der Waals surface area contributed by atoms with Crippen molar-refractivity contribution < 1.29 is 4.74 Å². The first-order valence-electron chi connectivity index (χ1n) is 10.3. The van der Waals surface area contributed by atoms with Gasteiger partial charge < -0.3 is 15.0 Å². The number of hydrogen-bond acceptors (Lipinski definition) is 3. The van der Waals surface area contributed by atoms with Gasteiger partial charge in [-0.2, -0.15) is 0 Å². The van der Waals surface area contributed by atoms with E-state index in [0.717, 1.165) is 57.3 Å². The van der Waals surface area contributed by atoms with Crippen molar-refractivity contribution >= 4 is 17.3 Å². The summed E-state index contributed by atoms with van der Waals surface area (Å²) in [5.74, 6) is 0. The van der Waals surface area contributed by atoms with Crippen LogP contribution in [0, 0.1) is 0 Å². The predicted molar refractivity (Wildman–Crippen MR) is 117 cm³/mol. The minimum Gasteiger partial charge on any atom is -0.376 e. The van der Waals surface area contributed by atoms with Crippen molar-refractivity contribution in [2.75, 3.05) is 39.3 Å². The van der Waals surface area contributed by atoms with Gasteiger partial charge in [-0.05, 0) is 36.2 Å². The number of nitrogens with one attached hydrogen (secondary N) is 1. The van der Waals surface area contributed by atoms with Gasteiger partial charge in [0.2, 0.25) is 0 Å². The average Bonchev–Trinajstić information content (AvgIpc) is 3.28. The first kappa shape index (κ1) is 19.4. The fraction of sp³-hybridized carbons (Fsp3) is 0.435. The van der Waals surface area contributed by atoms with Gasteiger partial charge in [-0.15, -0.1) is 0 Å². The Hall–Kier alpha value is -1.95. The summed E-state index contributed by atoms with van der Waals surface area (Å²) in [5, 5.41) is 4.28. The molecule has 1 unspecified atom stereocenters. The summed E-state index contributed by atoms with van der Waals surface area (Å²) >= 11 is 5.64. The van der Waals surface area contributed by atoms with E-state index in [2.05, 4.69) is 75.8 Å². The molecule has 2 aromatic rings. The maximum absolute atomic E-state index is 5.69. The summed E-state index contributed by atoms with van der Waals surface area (Å²) in [6, 6.07) is 21.9. The maximum Gasteiger partial charge on any atom is 0.169 e. The number of thiocarbonyl (C=S) groups is 1. The van der Waals surface area contributed by atoms with Gasteiger partial charge in [0.15, 0.2) is 5.11 Å². The van der Waals surface area contributed by atoms with Crippen LogP contribution < -0.4 is 5.32 Å². The average molecular weight is 396 g/mol. The molecule has 2 aliphatic heterocycles. The third-order valence-corrected chi connectivity index (χ3v) is 6.10. The van der Waals surface area contributed by atoms with Crippen LogP contribution in [0.25, 0.3) is 0 Å². The normalized spacial score (nSPS) is 20.5. The molecule has 0 amide bonds. The van der Waals surface area contributed by atoms with E-state index in [9.17, 15) is 0 Å². The zero-order valence-electron chi connectivity index (χ0n) is 16.3. The highest BCUT2D eigenvalue weighted by Gasteiger charge is 2.27. The molecule has 0 radical (unpaired) electrons. The molecule has 2 aliphatic rings. The van der Waals surface area contributed by atoms with Gasteiger partial charge in [0.25, 0.3) is 0 Å². The molecular weight excluding hydrogens is 366 g/mol. The van der Waals surface area contributed by atoms with Crippen LogP contribution in [0.1, 0.15) is 30.0 Å². The Labute approximate surface area is 173 Å². The summed E-state index contributed by atoms with van der Waals surface area (Å²) in [5.41, 5.74) is 2.70. The molecular formula is C23H29N3OS. The molecule has 2 saturated heterocycles. The molecule has 1 N–H and O–H groups in total. The quantitative estimate of drug-likeness (QED) is 0.783. The van der Waals surface area contributed by atoms with Crippen molar-refractivity contribution in [3.63, 3.8) is 0 Å². The molecule has 0 saturated carbocycles. The lowest BCUT2D eigenvalue weighted by Crippen LogP contribution is -2.53. The van der Waals surface area contributed by atoms with Crippen LogP contribution in [-0.2, 0) is 4.74 Å². The van der Waals surface area contributed by atoms with E-state index >= 15 is 0 Å². The molecule has 148 valence electrons. The van der Waals surface area contributed by atoms with Crippen LogP contribution >= 0.6 is 12.2 Å². The van der Waals surface area contributed by atoms with Crippen LogP contribution in [0.3, 0.4) is 0 Å². The minimum atomic E-state index is 0.290. The zero-order valence-corrected chi connectivity index (χ0v) is 17.1. The highest BCUT2D eigenvalue weighted by atomic mass is 32.1. The number of ether oxygens (including phenoxy) is 1. The Bertz CT molecular complexity index is 701. The van der Waals surface area contributed by atoms with Gasteiger partial charge >= 0.3 is 0 Å². The molecule has 0 spiro atoms. The fourth-order valence-electron chi connectivity index (χ4n) is 4.19. The highest BCUT2D eigenvalue weighted by molar-refractivity contribution is 7.80. The lowest BCUT2D eigenvalue weighted by atomic mass is 9.96. The van der Waals surface area contributed by atoms with Crippen LogP contribution in [0.5, 0.6) is 0 Å². The first-order valence-corrected chi connectivity index (χ1v) is 10.7. The minimum absolute atomic E-state index is 0.290. The van der Waals surface area contributed by atoms with Crippen molar-refractivity contribution in [1.82, 2.24) is 15.1 Å². The third kappa shape index (κ3) is 4.72. The Morgan fingerprint density at radius 2 is 1.57 bits per heavy atom. The number of hydrogen-bond donors (Lipinski definition) is 1. The monoisotopic (exact) mass is 395 g/mol. The van der Waals surface area contributed by atoms with E-state index < -0.39 is 0 Å². The standard InChI is InChI=1S/C23H29N3OS/c28-23(24-18-21-12-7-17-27-21)26-15-13-25(14-16-26)22(19-8-3-1-4-9-19)20-10-5-2-6-11-20/h1-6,8-11,21-22H,7,12-18H2,(H,24,28). The lowest BCUT2D eigenvalue weighted by Gasteiger charge is -2.40. The van der Waals surface area contributed by atoms with Gasteiger partial charge in [-0.1, -0.05) is 60.7 Å². The largest absolute Gasteiger partial charge is 0.376 e. The smallest absolute Gasteiger partial charge is 0.169 e. The van der Waals surface area contributed by atoms with Crippen LogP contribution in [0.15, 0.2) is 60.7 Å². The van der Waals surface area contributed by atoms with Crippen LogP contribution in [-0.4, -0.2) is 60.3 Å². The number of benzene rings is 2. The number of nitrogens with zero attached hydrogens (tertiary/aromatic N) is 2. The van der Waals surface area contributed by atoms with Gasteiger partial charge in [-0.3, -0.25) is 4.90 Å². The fourth-order valence-corrected chi connectivity index (χ4v) is 4.45. The molecule has 28 heavy (non-hydrogen) atoms. The number of rotatable bonds is 5. The van der Waals surface area contributed by atoms with Crippen molar-refractivity contribution in [1.29, 1.82) is 0 Å². The van der Waals surface area contributed by atoms with E-state index in [-0.39, 0.29) is 6.04 Å². The molecule has 4 nitrogen and oxygen atoms in total. The third-order valence-electron chi connectivity index (χ3n) is 5.70. The maximum atomic E-state index is 5.69. The second-order valence-electron chi connectivity index (χ2n) is 7.57. The summed E-state index contributed by atoms with van der Waals surface area (Å²) in [4.78, 5) is 4.87. The van der Waals surface area contributed by atoms with Crippen molar-refractivity contribution in [2.45, 2.75) is 25.0 Å². The molecule has 0 aromatic heterocycles. The summed E-state index contributed by atoms with van der Waals surface area (Å²) < 4.78 is 5.69. The van der Waals surface area contributed by atoms with E-state index in [4.69, 9.17) is 17.0 Å². The topological polar surface area (TPSA) is 27.7 Å². The van der Waals surface area contributed by atoms with Gasteiger partial charge in [0.05, 0.1) is 12.1 Å². The van der Waals surface area contributed by atoms with Crippen LogP contribution in [0.4, 0.5) is 0 Å². The van der Waals surface area contributed by atoms with Crippen molar-refractivity contribution in [3.05, 3.63) is 71.8 Å². The van der Waals surface area contributed by atoms with Gasteiger partial charge in [0.1, 0.15) is 0 Å². The summed E-state index contributed by atoms with van der Waals surface area (Å²) in [6.07, 6.45) is 2.62. The first-order chi connectivity index (χ1) is 13.8. The summed E-state index contributed by atoms with van der Waals surface area (Å²) in [6.45, 7) is 5.61. The molecule has 2 fully saturated rings. The molecule has 2 heterocycles. The second-order valence-corrected chi connectivity index (χ2v) is 7.95. The highest BCUT2D eigenvalue weighted by Crippen LogP contribution is 2.29. The Morgan fingerprint density at radius 1 is 0.964 bits per heavy atom. The van der Waals surface area contributed by atoms with E-state index in [1.807, 2.05) is 0 Å². The van der Waals surface area contributed by atoms with Crippen molar-refractivity contribution in [3.8, 4) is 0 Å². The molecule has 0 bridgehead atoms. The van der Waals surface area contributed by atoms with Crippen molar-refractivity contribution in [2.24, 2.45) is 0 Å². The van der Waals surface area contributed by atoms with E-state index in [0.29, 0.717) is 6.10 Å². The van der Waals surface area contributed by atoms with Gasteiger partial charge in [0, 0.05) is 39.3 Å². The Kier molecular flexibility index (Phi) is 6.57. The predicted octanol–water partition coefficient (Wildman–Crippen LogP) is 3.45. The molecule has 1 atom stereocenters. The number of piperazine rings is 1. The second kappa shape index (κ2) is 9.50. The Morgan fingerprint density at radius 3 is 2.11 bits per heavy atom. The molecule has 4 rings (SSSR count). The molecule has 0 aliphatic carbocycles. The SMILES string of the molecule is S=C(NCC1CCCO1)N1CCN(C(c2ccccc2)c2ccccc2)CC1. The van der Waals surface area contributed by atoms with E-state index in [1.54, 1.807) is 0 Å². The summed E-state index contributed by atoms with van der Waals surface area (Å²) in [7, 11) is 0. The van der Waals surface area contributed by atoms with Crippen LogP contribution in [0.2, 0.25) is 0 Å². The lowest BCUT2D eigenvalue weighted by molar-refractivity contribution is 0.112. The zero-order chi connectivity index (χ0) is 19.2. The molecule has 5 heteroatoms. The Balaban J connectivity index is 1.38. The van der Waals surface area contributed by atoms with E-state index in [1.165, 1.54) is 11.1 Å².